The third-order valence-corrected chi connectivity index (χ3v) is 6.66. The molecule has 5 nitrogen and oxygen atoms in total. The van der Waals surface area contributed by atoms with E-state index in [1.165, 1.54) is 7.11 Å². The number of benzene rings is 2. The average molecular weight is 451 g/mol. The van der Waals surface area contributed by atoms with Crippen LogP contribution in [0.2, 0.25) is 5.02 Å². The number of dihydropyridines is 1. The summed E-state index contributed by atoms with van der Waals surface area (Å²) in [6.07, 6.45) is 1.01. The zero-order valence-corrected chi connectivity index (χ0v) is 19.5. The van der Waals surface area contributed by atoms with E-state index in [-0.39, 0.29) is 11.7 Å². The molecule has 1 aliphatic heterocycles. The number of hydrogen-bond acceptors (Lipinski definition) is 5. The van der Waals surface area contributed by atoms with Crippen molar-refractivity contribution in [1.82, 2.24) is 5.32 Å². The van der Waals surface area contributed by atoms with Crippen LogP contribution in [0, 0.1) is 0 Å². The van der Waals surface area contributed by atoms with Crippen molar-refractivity contribution in [2.75, 3.05) is 26.1 Å². The molecule has 2 aromatic carbocycles. The molecule has 0 aromatic heterocycles. The summed E-state index contributed by atoms with van der Waals surface area (Å²) in [7, 11) is 5.32. The molecule has 1 heterocycles. The minimum Gasteiger partial charge on any atom is -0.466 e. The Morgan fingerprint density at radius 3 is 2.41 bits per heavy atom. The molecule has 0 amide bonds. The largest absolute Gasteiger partial charge is 0.466 e. The van der Waals surface area contributed by atoms with Gasteiger partial charge in [0, 0.05) is 54.1 Å². The van der Waals surface area contributed by atoms with Crippen LogP contribution in [0.25, 0.3) is 0 Å². The standard InChI is InChI=1S/C26H27ClN2O3/c1-15-23(26(31)32-4)24(16-9-11-18(12-10-16)29(2)3)25-21(28-15)13-17(14-22(25)30)19-7-5-6-8-20(19)27/h5-12,17,24,28H,13-14H2,1-4H3. The molecule has 0 fully saturated rings. The number of carbonyl (C=O) groups is 2. The van der Waals surface area contributed by atoms with Gasteiger partial charge in [0.25, 0.3) is 0 Å². The third-order valence-electron chi connectivity index (χ3n) is 6.32. The van der Waals surface area contributed by atoms with Crippen molar-refractivity contribution in [2.24, 2.45) is 0 Å². The number of ether oxygens (including phenoxy) is 1. The zero-order valence-electron chi connectivity index (χ0n) is 18.7. The van der Waals surface area contributed by atoms with Crippen LogP contribution in [0.5, 0.6) is 0 Å². The molecule has 0 saturated heterocycles. The SMILES string of the molecule is COC(=O)C1=C(C)NC2=C(C(=O)CC(c3ccccc3Cl)C2)C1c1ccc(N(C)C)cc1. The van der Waals surface area contributed by atoms with Crippen LogP contribution in [0.4, 0.5) is 5.69 Å². The molecule has 4 rings (SSSR count). The summed E-state index contributed by atoms with van der Waals surface area (Å²) in [4.78, 5) is 28.3. The van der Waals surface area contributed by atoms with Crippen LogP contribution in [0.15, 0.2) is 71.1 Å². The fourth-order valence-corrected chi connectivity index (χ4v) is 5.03. The minimum absolute atomic E-state index is 0.00769. The number of nitrogens with one attached hydrogen (secondary N) is 1. The van der Waals surface area contributed by atoms with Gasteiger partial charge in [-0.15, -0.1) is 0 Å². The highest BCUT2D eigenvalue weighted by Gasteiger charge is 2.41. The molecule has 1 aliphatic carbocycles. The van der Waals surface area contributed by atoms with Gasteiger partial charge in [-0.3, -0.25) is 4.79 Å². The first-order chi connectivity index (χ1) is 15.3. The first-order valence-electron chi connectivity index (χ1n) is 10.7. The van der Waals surface area contributed by atoms with Gasteiger partial charge < -0.3 is 15.0 Å². The Balaban J connectivity index is 1.80. The van der Waals surface area contributed by atoms with Gasteiger partial charge in [-0.1, -0.05) is 41.9 Å². The molecule has 32 heavy (non-hydrogen) atoms. The maximum atomic E-state index is 13.5. The number of nitrogens with zero attached hydrogens (tertiary/aromatic N) is 1. The van der Waals surface area contributed by atoms with Gasteiger partial charge >= 0.3 is 5.97 Å². The number of rotatable bonds is 4. The Kier molecular flexibility index (Phi) is 6.11. The monoisotopic (exact) mass is 450 g/mol. The van der Waals surface area contributed by atoms with E-state index in [0.717, 1.165) is 22.5 Å². The number of methoxy groups -OCH3 is 1. The van der Waals surface area contributed by atoms with Crippen molar-refractivity contribution < 1.29 is 14.3 Å². The van der Waals surface area contributed by atoms with Gasteiger partial charge in [0.1, 0.15) is 0 Å². The Labute approximate surface area is 193 Å². The highest BCUT2D eigenvalue weighted by Crippen LogP contribution is 2.46. The quantitative estimate of drug-likeness (QED) is 0.668. The summed E-state index contributed by atoms with van der Waals surface area (Å²) >= 11 is 6.44. The van der Waals surface area contributed by atoms with E-state index in [4.69, 9.17) is 16.3 Å². The lowest BCUT2D eigenvalue weighted by Gasteiger charge is -2.36. The highest BCUT2D eigenvalue weighted by molar-refractivity contribution is 6.31. The summed E-state index contributed by atoms with van der Waals surface area (Å²) in [5.74, 6) is -0.871. The molecule has 2 aliphatic rings. The molecule has 0 saturated carbocycles. The van der Waals surface area contributed by atoms with Gasteiger partial charge in [0.2, 0.25) is 0 Å². The maximum absolute atomic E-state index is 13.5. The van der Waals surface area contributed by atoms with Crippen LogP contribution in [0.3, 0.4) is 0 Å². The number of halogens is 1. The molecular formula is C26H27ClN2O3. The van der Waals surface area contributed by atoms with Crippen molar-refractivity contribution in [3.8, 4) is 0 Å². The molecule has 2 aromatic rings. The second-order valence-corrected chi connectivity index (χ2v) is 8.92. The van der Waals surface area contributed by atoms with E-state index >= 15 is 0 Å². The molecule has 1 N–H and O–H groups in total. The predicted molar refractivity (Wildman–Crippen MR) is 127 cm³/mol. The Morgan fingerprint density at radius 1 is 1.09 bits per heavy atom. The van der Waals surface area contributed by atoms with Crippen LogP contribution >= 0.6 is 11.6 Å². The molecule has 0 spiro atoms. The van der Waals surface area contributed by atoms with E-state index in [9.17, 15) is 9.59 Å². The van der Waals surface area contributed by atoms with Crippen molar-refractivity contribution in [3.05, 3.63) is 87.2 Å². The normalized spacial score (nSPS) is 20.6. The smallest absolute Gasteiger partial charge is 0.336 e. The van der Waals surface area contributed by atoms with Gasteiger partial charge in [-0.05, 0) is 48.6 Å². The van der Waals surface area contributed by atoms with E-state index in [1.807, 2.05) is 74.4 Å². The van der Waals surface area contributed by atoms with E-state index in [1.54, 1.807) is 0 Å². The van der Waals surface area contributed by atoms with Gasteiger partial charge in [0.15, 0.2) is 5.78 Å². The first kappa shape index (κ1) is 22.2. The molecular weight excluding hydrogens is 424 g/mol. The van der Waals surface area contributed by atoms with E-state index < -0.39 is 11.9 Å². The number of Topliss-reactive ketones (excluding diaryl/α,β-unsaturated/α-hetero) is 1. The lowest BCUT2D eigenvalue weighted by molar-refractivity contribution is -0.136. The second-order valence-electron chi connectivity index (χ2n) is 8.52. The molecule has 0 radical (unpaired) electrons. The van der Waals surface area contributed by atoms with Crippen molar-refractivity contribution >= 4 is 29.0 Å². The molecule has 6 heteroatoms. The maximum Gasteiger partial charge on any atom is 0.336 e. The summed E-state index contributed by atoms with van der Waals surface area (Å²) in [6, 6.07) is 15.6. The van der Waals surface area contributed by atoms with Crippen LogP contribution in [0.1, 0.15) is 42.7 Å². The van der Waals surface area contributed by atoms with Crippen molar-refractivity contribution in [2.45, 2.75) is 31.6 Å². The van der Waals surface area contributed by atoms with Gasteiger partial charge in [-0.2, -0.15) is 0 Å². The minimum atomic E-state index is -0.463. The third kappa shape index (κ3) is 3.93. The zero-order chi connectivity index (χ0) is 23.0. The van der Waals surface area contributed by atoms with Crippen LogP contribution in [-0.2, 0) is 14.3 Å². The summed E-state index contributed by atoms with van der Waals surface area (Å²) < 4.78 is 5.10. The molecule has 2 unspecified atom stereocenters. The summed E-state index contributed by atoms with van der Waals surface area (Å²) in [6.45, 7) is 1.86. The number of allylic oxidation sites excluding steroid dienone is 3. The predicted octanol–water partition coefficient (Wildman–Crippen LogP) is 4.94. The lowest BCUT2D eigenvalue weighted by Crippen LogP contribution is -2.36. The molecule has 2 atom stereocenters. The number of anilines is 1. The molecule has 166 valence electrons. The topological polar surface area (TPSA) is 58.6 Å². The first-order valence-corrected chi connectivity index (χ1v) is 11.0. The van der Waals surface area contributed by atoms with Crippen LogP contribution < -0.4 is 10.2 Å². The van der Waals surface area contributed by atoms with Crippen molar-refractivity contribution in [1.29, 1.82) is 0 Å². The number of esters is 1. The second kappa shape index (κ2) is 8.83. The Bertz CT molecular complexity index is 1130. The van der Waals surface area contributed by atoms with E-state index in [0.29, 0.717) is 34.7 Å². The van der Waals surface area contributed by atoms with Crippen molar-refractivity contribution in [3.63, 3.8) is 0 Å². The number of ketones is 1. The lowest BCUT2D eigenvalue weighted by atomic mass is 9.71. The summed E-state index contributed by atoms with van der Waals surface area (Å²) in [5, 5.41) is 4.02. The molecule has 0 bridgehead atoms. The number of carbonyl (C=O) groups excluding carboxylic acids is 2. The van der Waals surface area contributed by atoms with Gasteiger partial charge in [0.05, 0.1) is 12.7 Å². The fourth-order valence-electron chi connectivity index (χ4n) is 4.74. The van der Waals surface area contributed by atoms with Crippen LogP contribution in [-0.4, -0.2) is 33.0 Å². The average Bonchev–Trinajstić information content (AvgIpc) is 2.78. The Morgan fingerprint density at radius 2 is 1.78 bits per heavy atom. The summed E-state index contributed by atoms with van der Waals surface area (Å²) in [5.41, 5.74) is 5.62. The fraction of sp³-hybridized carbons (Fsp3) is 0.308. The van der Waals surface area contributed by atoms with Gasteiger partial charge in [-0.25, -0.2) is 4.79 Å². The van der Waals surface area contributed by atoms with E-state index in [2.05, 4.69) is 5.32 Å². The highest BCUT2D eigenvalue weighted by atomic mass is 35.5. The Hall–Kier alpha value is -3.05. The number of hydrogen-bond donors (Lipinski definition) is 1.